The molecule has 0 radical (unpaired) electrons. The summed E-state index contributed by atoms with van der Waals surface area (Å²) in [4.78, 5) is 15.4. The minimum absolute atomic E-state index is 0.239. The van der Waals surface area contributed by atoms with Crippen molar-refractivity contribution in [1.29, 1.82) is 0 Å². The van der Waals surface area contributed by atoms with Gasteiger partial charge in [-0.15, -0.1) is 0 Å². The molecule has 0 unspecified atom stereocenters. The molecule has 0 aliphatic rings. The summed E-state index contributed by atoms with van der Waals surface area (Å²) in [5.74, 6) is -0.949. The molecule has 4 rings (SSSR count). The molecule has 0 spiro atoms. The molecule has 0 fully saturated rings. The number of carboxylic acid groups (broad SMARTS) is 1. The summed E-state index contributed by atoms with van der Waals surface area (Å²) in [6, 6.07) is 21.5. The van der Waals surface area contributed by atoms with E-state index in [0.29, 0.717) is 5.52 Å². The van der Waals surface area contributed by atoms with E-state index in [1.165, 1.54) is 11.1 Å². The van der Waals surface area contributed by atoms with E-state index in [-0.39, 0.29) is 5.56 Å². The van der Waals surface area contributed by atoms with Gasteiger partial charge in [0.15, 0.2) is 0 Å². The fourth-order valence-corrected chi connectivity index (χ4v) is 3.12. The van der Waals surface area contributed by atoms with E-state index in [1.54, 1.807) is 24.5 Å². The summed E-state index contributed by atoms with van der Waals surface area (Å²) in [5, 5.41) is 12.5. The summed E-state index contributed by atoms with van der Waals surface area (Å²) in [6.45, 7) is 2.86. The number of aromatic carboxylic acids is 1. The molecule has 3 aromatic carbocycles. The molecule has 5 nitrogen and oxygen atoms in total. The highest BCUT2D eigenvalue weighted by Crippen LogP contribution is 2.21. The van der Waals surface area contributed by atoms with Crippen molar-refractivity contribution < 1.29 is 9.90 Å². The molecule has 27 heavy (non-hydrogen) atoms. The average Bonchev–Trinajstić information content (AvgIpc) is 3.10. The molecule has 134 valence electrons. The molecule has 1 aromatic heterocycles. The summed E-state index contributed by atoms with van der Waals surface area (Å²) in [7, 11) is 0. The van der Waals surface area contributed by atoms with Crippen LogP contribution in [0.3, 0.4) is 0 Å². The first-order valence-corrected chi connectivity index (χ1v) is 8.70. The zero-order valence-corrected chi connectivity index (χ0v) is 14.9. The Morgan fingerprint density at radius 2 is 1.89 bits per heavy atom. The molecule has 0 saturated heterocycles. The highest BCUT2D eigenvalue weighted by Gasteiger charge is 2.09. The Hall–Kier alpha value is -3.60. The molecule has 0 atom stereocenters. The quantitative estimate of drug-likeness (QED) is 0.546. The van der Waals surface area contributed by atoms with E-state index in [4.69, 9.17) is 5.11 Å². The van der Waals surface area contributed by atoms with Crippen LogP contribution in [0.15, 0.2) is 73.1 Å². The number of imidazole rings is 1. The Morgan fingerprint density at radius 3 is 2.63 bits per heavy atom. The van der Waals surface area contributed by atoms with Crippen LogP contribution < -0.4 is 5.32 Å². The van der Waals surface area contributed by atoms with Crippen LogP contribution in [0.1, 0.15) is 21.5 Å². The lowest BCUT2D eigenvalue weighted by atomic mass is 10.1. The van der Waals surface area contributed by atoms with Crippen molar-refractivity contribution in [3.8, 4) is 5.69 Å². The number of anilines is 1. The number of aromatic nitrogens is 2. The zero-order chi connectivity index (χ0) is 18.8. The van der Waals surface area contributed by atoms with Crippen LogP contribution in [0.5, 0.6) is 0 Å². The first kappa shape index (κ1) is 16.8. The largest absolute Gasteiger partial charge is 0.478 e. The van der Waals surface area contributed by atoms with Crippen molar-refractivity contribution in [3.63, 3.8) is 0 Å². The van der Waals surface area contributed by atoms with Gasteiger partial charge in [-0.1, -0.05) is 29.8 Å². The van der Waals surface area contributed by atoms with Gasteiger partial charge in [0, 0.05) is 17.9 Å². The van der Waals surface area contributed by atoms with E-state index < -0.39 is 5.97 Å². The highest BCUT2D eigenvalue weighted by molar-refractivity contribution is 5.92. The van der Waals surface area contributed by atoms with Gasteiger partial charge in [-0.05, 0) is 55.0 Å². The minimum atomic E-state index is -0.949. The van der Waals surface area contributed by atoms with Gasteiger partial charge in [-0.25, -0.2) is 9.78 Å². The molecule has 0 amide bonds. The Labute approximate surface area is 156 Å². The van der Waals surface area contributed by atoms with E-state index in [1.807, 2.05) is 28.8 Å². The topological polar surface area (TPSA) is 67.2 Å². The highest BCUT2D eigenvalue weighted by atomic mass is 16.4. The molecule has 2 N–H and O–H groups in total. The predicted molar refractivity (Wildman–Crippen MR) is 107 cm³/mol. The van der Waals surface area contributed by atoms with Crippen molar-refractivity contribution in [2.75, 3.05) is 5.32 Å². The van der Waals surface area contributed by atoms with Crippen LogP contribution in [0.4, 0.5) is 5.69 Å². The van der Waals surface area contributed by atoms with Crippen molar-refractivity contribution in [1.82, 2.24) is 9.55 Å². The summed E-state index contributed by atoms with van der Waals surface area (Å²) >= 11 is 0. The molecule has 0 aliphatic carbocycles. The second-order valence-corrected chi connectivity index (χ2v) is 6.51. The molecule has 0 saturated carbocycles. The van der Waals surface area contributed by atoms with Crippen molar-refractivity contribution in [2.24, 2.45) is 0 Å². The van der Waals surface area contributed by atoms with Crippen LogP contribution >= 0.6 is 0 Å². The Balaban J connectivity index is 1.53. The molecular weight excluding hydrogens is 338 g/mol. The van der Waals surface area contributed by atoms with Gasteiger partial charge >= 0.3 is 5.97 Å². The van der Waals surface area contributed by atoms with Crippen molar-refractivity contribution in [3.05, 3.63) is 89.7 Å². The van der Waals surface area contributed by atoms with Crippen molar-refractivity contribution in [2.45, 2.75) is 13.5 Å². The van der Waals surface area contributed by atoms with Crippen LogP contribution in [0.25, 0.3) is 16.7 Å². The third-order valence-electron chi connectivity index (χ3n) is 4.52. The number of benzene rings is 3. The zero-order valence-electron chi connectivity index (χ0n) is 14.9. The fraction of sp³-hybridized carbons (Fsp3) is 0.0909. The van der Waals surface area contributed by atoms with Gasteiger partial charge < -0.3 is 10.4 Å². The van der Waals surface area contributed by atoms with Crippen LogP contribution in [0.2, 0.25) is 0 Å². The third kappa shape index (κ3) is 3.53. The Kier molecular flexibility index (Phi) is 4.34. The number of rotatable bonds is 5. The lowest BCUT2D eigenvalue weighted by molar-refractivity contribution is 0.0697. The third-order valence-corrected chi connectivity index (χ3v) is 4.52. The standard InChI is InChI=1S/C22H19N3O2/c1-15-3-2-4-16(11-15)13-23-18-6-8-19(9-7-18)25-14-24-20-12-17(22(26)27)5-10-21(20)25/h2-12,14,23H,13H2,1H3,(H,26,27). The second-order valence-electron chi connectivity index (χ2n) is 6.51. The first-order valence-electron chi connectivity index (χ1n) is 8.70. The van der Waals surface area contributed by atoms with Crippen LogP contribution in [0, 0.1) is 6.92 Å². The van der Waals surface area contributed by atoms with Gasteiger partial charge in [0.2, 0.25) is 0 Å². The van der Waals surface area contributed by atoms with E-state index in [2.05, 4.69) is 41.5 Å². The lowest BCUT2D eigenvalue weighted by Gasteiger charge is -2.09. The van der Waals surface area contributed by atoms with Gasteiger partial charge in [0.1, 0.15) is 6.33 Å². The number of carboxylic acids is 1. The molecule has 4 aromatic rings. The number of nitrogens with one attached hydrogen (secondary N) is 1. The van der Waals surface area contributed by atoms with Crippen LogP contribution in [-0.2, 0) is 6.54 Å². The average molecular weight is 357 g/mol. The van der Waals surface area contributed by atoms with Gasteiger partial charge in [0.25, 0.3) is 0 Å². The number of aryl methyl sites for hydroxylation is 1. The summed E-state index contributed by atoms with van der Waals surface area (Å²) in [6.07, 6.45) is 1.71. The fourth-order valence-electron chi connectivity index (χ4n) is 3.12. The molecule has 0 bridgehead atoms. The number of hydrogen-bond acceptors (Lipinski definition) is 3. The first-order chi connectivity index (χ1) is 13.1. The predicted octanol–water partition coefficient (Wildman–Crippen LogP) is 4.64. The SMILES string of the molecule is Cc1cccc(CNc2ccc(-n3cnc4cc(C(=O)O)ccc43)cc2)c1. The lowest BCUT2D eigenvalue weighted by Crippen LogP contribution is -2.00. The maximum atomic E-state index is 11.1. The van der Waals surface area contributed by atoms with E-state index in [0.717, 1.165) is 23.4 Å². The van der Waals surface area contributed by atoms with E-state index in [9.17, 15) is 4.79 Å². The maximum Gasteiger partial charge on any atom is 0.335 e. The van der Waals surface area contributed by atoms with Crippen LogP contribution in [-0.4, -0.2) is 20.6 Å². The van der Waals surface area contributed by atoms with E-state index >= 15 is 0 Å². The van der Waals surface area contributed by atoms with Gasteiger partial charge in [0.05, 0.1) is 16.6 Å². The maximum absolute atomic E-state index is 11.1. The Morgan fingerprint density at radius 1 is 1.07 bits per heavy atom. The molecule has 5 heteroatoms. The number of fused-ring (bicyclic) bond motifs is 1. The van der Waals surface area contributed by atoms with Crippen molar-refractivity contribution >= 4 is 22.7 Å². The van der Waals surface area contributed by atoms with Gasteiger partial charge in [-0.3, -0.25) is 4.57 Å². The number of carbonyl (C=O) groups is 1. The van der Waals surface area contributed by atoms with Gasteiger partial charge in [-0.2, -0.15) is 0 Å². The smallest absolute Gasteiger partial charge is 0.335 e. The second kappa shape index (κ2) is 6.96. The summed E-state index contributed by atoms with van der Waals surface area (Å²) < 4.78 is 1.95. The molecule has 0 aliphatic heterocycles. The summed E-state index contributed by atoms with van der Waals surface area (Å²) in [5.41, 5.74) is 6.29. The monoisotopic (exact) mass is 357 g/mol. The number of nitrogens with zero attached hydrogens (tertiary/aromatic N) is 2. The molecular formula is C22H19N3O2. The minimum Gasteiger partial charge on any atom is -0.478 e. The Bertz CT molecular complexity index is 1110. The molecule has 1 heterocycles. The normalized spacial score (nSPS) is 10.9. The number of hydrogen-bond donors (Lipinski definition) is 2.